The molecule has 1 amide bonds. The Balaban J connectivity index is 0.00000144. The molecule has 0 aliphatic carbocycles. The number of guanidine groups is 1. The van der Waals surface area contributed by atoms with Gasteiger partial charge in [0.25, 0.3) is 5.91 Å². The van der Waals surface area contributed by atoms with E-state index >= 15 is 0 Å². The first-order valence-electron chi connectivity index (χ1n) is 7.03. The summed E-state index contributed by atoms with van der Waals surface area (Å²) >= 11 is 0. The third-order valence-corrected chi connectivity index (χ3v) is 3.25. The minimum Gasteiger partial charge on any atom is -0.399 e. The van der Waals surface area contributed by atoms with Crippen LogP contribution in [0.15, 0.2) is 53.5 Å². The third-order valence-electron chi connectivity index (χ3n) is 3.25. The molecule has 0 saturated heterocycles. The number of anilines is 3. The standard InChI is InChI=1S/C16H17N5O.2ClH/c17-12-3-1-11(2-4-12)15(22)20-13-5-7-14(8-6-13)21-16-18-9-10-19-16;;/h1-8H,9-10,17H2,(H,20,22)(H2,18,19,21);2*1H. The first kappa shape index (κ1) is 19.6. The van der Waals surface area contributed by atoms with E-state index in [1.165, 1.54) is 0 Å². The molecule has 0 atom stereocenters. The highest BCUT2D eigenvalue weighted by Gasteiger charge is 2.07. The van der Waals surface area contributed by atoms with E-state index in [1.54, 1.807) is 24.3 Å². The van der Waals surface area contributed by atoms with Crippen molar-refractivity contribution in [2.75, 3.05) is 29.5 Å². The Hall–Kier alpha value is -2.44. The van der Waals surface area contributed by atoms with Crippen LogP contribution in [-0.4, -0.2) is 25.0 Å². The van der Waals surface area contributed by atoms with Gasteiger partial charge in [0.2, 0.25) is 0 Å². The van der Waals surface area contributed by atoms with E-state index in [0.717, 1.165) is 30.4 Å². The second-order valence-corrected chi connectivity index (χ2v) is 4.94. The summed E-state index contributed by atoms with van der Waals surface area (Å²) in [6.45, 7) is 1.65. The molecule has 2 aromatic carbocycles. The highest BCUT2D eigenvalue weighted by atomic mass is 35.5. The molecule has 0 aromatic heterocycles. The Labute approximate surface area is 152 Å². The number of hydrogen-bond donors (Lipinski definition) is 4. The van der Waals surface area contributed by atoms with E-state index in [1.807, 2.05) is 24.3 Å². The van der Waals surface area contributed by atoms with Crippen molar-refractivity contribution in [1.82, 2.24) is 5.32 Å². The van der Waals surface area contributed by atoms with Crippen molar-refractivity contribution in [2.45, 2.75) is 0 Å². The predicted molar refractivity (Wildman–Crippen MR) is 104 cm³/mol. The lowest BCUT2D eigenvalue weighted by molar-refractivity contribution is 0.102. The highest BCUT2D eigenvalue weighted by Crippen LogP contribution is 2.15. The van der Waals surface area contributed by atoms with E-state index < -0.39 is 0 Å². The van der Waals surface area contributed by atoms with E-state index in [0.29, 0.717) is 11.3 Å². The Kier molecular flexibility index (Phi) is 7.35. The van der Waals surface area contributed by atoms with Crippen molar-refractivity contribution in [1.29, 1.82) is 0 Å². The molecule has 8 heteroatoms. The lowest BCUT2D eigenvalue weighted by atomic mass is 10.2. The van der Waals surface area contributed by atoms with Gasteiger partial charge in [-0.25, -0.2) is 0 Å². The lowest BCUT2D eigenvalue weighted by Gasteiger charge is -2.09. The number of nitrogens with one attached hydrogen (secondary N) is 3. The van der Waals surface area contributed by atoms with Crippen molar-refractivity contribution in [3.63, 3.8) is 0 Å². The number of nitrogens with two attached hydrogens (primary N) is 1. The summed E-state index contributed by atoms with van der Waals surface area (Å²) in [5, 5.41) is 9.15. The summed E-state index contributed by atoms with van der Waals surface area (Å²) in [5.41, 5.74) is 8.46. The second kappa shape index (κ2) is 9.00. The molecule has 1 aliphatic heterocycles. The molecule has 0 unspecified atom stereocenters. The van der Waals surface area contributed by atoms with Gasteiger partial charge in [-0.05, 0) is 48.5 Å². The highest BCUT2D eigenvalue weighted by molar-refractivity contribution is 6.04. The number of nitrogen functional groups attached to an aromatic ring is 1. The van der Waals surface area contributed by atoms with Gasteiger partial charge in [-0.15, -0.1) is 24.8 Å². The molecule has 3 rings (SSSR count). The van der Waals surface area contributed by atoms with Crippen molar-refractivity contribution >= 4 is 53.7 Å². The van der Waals surface area contributed by atoms with Crippen LogP contribution in [0.25, 0.3) is 0 Å². The van der Waals surface area contributed by atoms with Gasteiger partial charge in [0.15, 0.2) is 5.96 Å². The summed E-state index contributed by atoms with van der Waals surface area (Å²) in [5.74, 6) is 0.612. The number of amides is 1. The van der Waals surface area contributed by atoms with Crippen LogP contribution in [0.2, 0.25) is 0 Å². The van der Waals surface area contributed by atoms with Gasteiger partial charge in [0.1, 0.15) is 0 Å². The predicted octanol–water partition coefficient (Wildman–Crippen LogP) is 2.74. The number of rotatable bonds is 3. The smallest absolute Gasteiger partial charge is 0.255 e. The second-order valence-electron chi connectivity index (χ2n) is 4.94. The molecular formula is C16H19Cl2N5O. The minimum absolute atomic E-state index is 0. The molecule has 5 N–H and O–H groups in total. The normalized spacial score (nSPS) is 12.1. The quantitative estimate of drug-likeness (QED) is 0.627. The summed E-state index contributed by atoms with van der Waals surface area (Å²) in [6.07, 6.45) is 0. The van der Waals surface area contributed by atoms with Gasteiger partial charge in [0, 0.05) is 29.2 Å². The molecule has 0 spiro atoms. The summed E-state index contributed by atoms with van der Waals surface area (Å²) in [7, 11) is 0. The van der Waals surface area contributed by atoms with Crippen LogP contribution in [0.4, 0.5) is 17.1 Å². The van der Waals surface area contributed by atoms with Crippen molar-refractivity contribution in [3.8, 4) is 0 Å². The summed E-state index contributed by atoms with van der Waals surface area (Å²) < 4.78 is 0. The van der Waals surface area contributed by atoms with Crippen LogP contribution in [0, 0.1) is 0 Å². The number of carbonyl (C=O) groups excluding carboxylic acids is 1. The number of benzene rings is 2. The first-order chi connectivity index (χ1) is 10.7. The minimum atomic E-state index is -0.164. The zero-order valence-electron chi connectivity index (χ0n) is 12.8. The number of nitrogens with zero attached hydrogens (tertiary/aromatic N) is 1. The fourth-order valence-corrected chi connectivity index (χ4v) is 2.09. The van der Waals surface area contributed by atoms with Crippen molar-refractivity contribution in [2.24, 2.45) is 4.99 Å². The lowest BCUT2D eigenvalue weighted by Crippen LogP contribution is -2.26. The van der Waals surface area contributed by atoms with Crippen LogP contribution < -0.4 is 21.7 Å². The fourth-order valence-electron chi connectivity index (χ4n) is 2.09. The van der Waals surface area contributed by atoms with Crippen molar-refractivity contribution < 1.29 is 4.79 Å². The van der Waals surface area contributed by atoms with Gasteiger partial charge >= 0.3 is 0 Å². The number of halogens is 2. The number of carbonyl (C=O) groups is 1. The van der Waals surface area contributed by atoms with Crippen molar-refractivity contribution in [3.05, 3.63) is 54.1 Å². The van der Waals surface area contributed by atoms with Gasteiger partial charge in [-0.3, -0.25) is 9.79 Å². The van der Waals surface area contributed by atoms with E-state index in [9.17, 15) is 4.79 Å². The molecule has 1 aliphatic rings. The summed E-state index contributed by atoms with van der Waals surface area (Å²) in [4.78, 5) is 16.4. The fraction of sp³-hybridized carbons (Fsp3) is 0.125. The average Bonchev–Trinajstić information content (AvgIpc) is 3.03. The molecule has 0 saturated carbocycles. The molecule has 0 radical (unpaired) electrons. The van der Waals surface area contributed by atoms with Crippen LogP contribution in [0.5, 0.6) is 0 Å². The van der Waals surface area contributed by atoms with Gasteiger partial charge in [0.05, 0.1) is 6.54 Å². The third kappa shape index (κ3) is 5.04. The van der Waals surface area contributed by atoms with E-state index in [-0.39, 0.29) is 30.7 Å². The van der Waals surface area contributed by atoms with E-state index in [2.05, 4.69) is 20.9 Å². The maximum atomic E-state index is 12.1. The van der Waals surface area contributed by atoms with Gasteiger partial charge in [-0.2, -0.15) is 0 Å². The maximum absolute atomic E-state index is 12.1. The molecule has 24 heavy (non-hydrogen) atoms. The molecular weight excluding hydrogens is 349 g/mol. The first-order valence-corrected chi connectivity index (χ1v) is 7.03. The van der Waals surface area contributed by atoms with Gasteiger partial charge < -0.3 is 21.7 Å². The molecule has 0 bridgehead atoms. The Bertz CT molecular complexity index is 701. The molecule has 128 valence electrons. The Morgan fingerprint density at radius 3 is 2.21 bits per heavy atom. The zero-order chi connectivity index (χ0) is 15.4. The summed E-state index contributed by atoms with van der Waals surface area (Å²) in [6, 6.07) is 14.3. The molecule has 1 heterocycles. The van der Waals surface area contributed by atoms with Crippen LogP contribution in [0.3, 0.4) is 0 Å². The SMILES string of the molecule is Cl.Cl.Nc1ccc(C(=O)Nc2ccc(NC3=NCCN3)cc2)cc1. The molecule has 0 fully saturated rings. The average molecular weight is 368 g/mol. The van der Waals surface area contributed by atoms with Gasteiger partial charge in [-0.1, -0.05) is 0 Å². The Morgan fingerprint density at radius 1 is 1.00 bits per heavy atom. The Morgan fingerprint density at radius 2 is 1.62 bits per heavy atom. The molecule has 2 aromatic rings. The van der Waals surface area contributed by atoms with E-state index in [4.69, 9.17) is 5.73 Å². The number of hydrogen-bond acceptors (Lipinski definition) is 5. The topological polar surface area (TPSA) is 91.5 Å². The zero-order valence-corrected chi connectivity index (χ0v) is 14.4. The largest absolute Gasteiger partial charge is 0.399 e. The maximum Gasteiger partial charge on any atom is 0.255 e. The van der Waals surface area contributed by atoms with Crippen LogP contribution in [0.1, 0.15) is 10.4 Å². The monoisotopic (exact) mass is 367 g/mol. The molecule has 6 nitrogen and oxygen atoms in total. The van der Waals surface area contributed by atoms with Crippen LogP contribution >= 0.6 is 24.8 Å². The number of aliphatic imine (C=N–C) groups is 1. The van der Waals surface area contributed by atoms with Crippen LogP contribution in [-0.2, 0) is 0 Å².